The van der Waals surface area contributed by atoms with E-state index >= 15 is 0 Å². The average Bonchev–Trinajstić information content (AvgIpc) is 2.82. The Balaban J connectivity index is 1.57. The summed E-state index contributed by atoms with van der Waals surface area (Å²) in [5.41, 5.74) is 8.51. The van der Waals surface area contributed by atoms with Crippen molar-refractivity contribution in [1.82, 2.24) is 10.3 Å². The van der Waals surface area contributed by atoms with Crippen LogP contribution in [0.1, 0.15) is 67.3 Å². The summed E-state index contributed by atoms with van der Waals surface area (Å²) in [7, 11) is 0. The van der Waals surface area contributed by atoms with Crippen molar-refractivity contribution in [3.8, 4) is 0 Å². The van der Waals surface area contributed by atoms with Gasteiger partial charge in [-0.3, -0.25) is 4.79 Å². The van der Waals surface area contributed by atoms with Gasteiger partial charge in [-0.25, -0.2) is 4.98 Å². The van der Waals surface area contributed by atoms with E-state index in [9.17, 15) is 4.79 Å². The van der Waals surface area contributed by atoms with Gasteiger partial charge in [-0.1, -0.05) is 80.6 Å². The van der Waals surface area contributed by atoms with Crippen LogP contribution in [-0.2, 0) is 5.75 Å². The highest BCUT2D eigenvalue weighted by Gasteiger charge is 2.16. The molecule has 3 rings (SSSR count). The molecule has 1 heterocycles. The number of rotatable bonds is 5. The van der Waals surface area contributed by atoms with Crippen LogP contribution in [0.2, 0.25) is 0 Å². The third-order valence-corrected chi connectivity index (χ3v) is 6.14. The smallest absolute Gasteiger partial charge is 0.253 e. The molecule has 5 heteroatoms. The Hall–Kier alpha value is -2.01. The lowest BCUT2D eigenvalue weighted by Crippen LogP contribution is -2.34. The van der Waals surface area contributed by atoms with Crippen molar-refractivity contribution >= 4 is 23.4 Å². The first kappa shape index (κ1) is 19.7. The van der Waals surface area contributed by atoms with E-state index in [0.29, 0.717) is 11.3 Å². The third-order valence-electron chi connectivity index (χ3n) is 5.05. The fourth-order valence-electron chi connectivity index (χ4n) is 3.49. The number of carbonyl (C=O) groups excluding carboxylic acids is 1. The number of nitrogens with two attached hydrogens (primary N) is 1. The molecule has 0 atom stereocenters. The Morgan fingerprint density at radius 3 is 2.41 bits per heavy atom. The van der Waals surface area contributed by atoms with Crippen molar-refractivity contribution in [1.29, 1.82) is 0 Å². The van der Waals surface area contributed by atoms with E-state index in [1.807, 2.05) is 18.2 Å². The zero-order valence-corrected chi connectivity index (χ0v) is 16.6. The lowest BCUT2D eigenvalue weighted by atomic mass is 10.0. The van der Waals surface area contributed by atoms with Crippen LogP contribution in [0.5, 0.6) is 0 Å². The Morgan fingerprint density at radius 1 is 1.07 bits per heavy atom. The van der Waals surface area contributed by atoms with Gasteiger partial charge in [0.2, 0.25) is 0 Å². The molecule has 1 saturated carbocycles. The third kappa shape index (κ3) is 6.28. The van der Waals surface area contributed by atoms with E-state index in [4.69, 9.17) is 5.73 Å². The Labute approximate surface area is 166 Å². The first-order chi connectivity index (χ1) is 13.2. The lowest BCUT2D eigenvalue weighted by molar-refractivity contribution is 0.0931. The predicted octanol–water partition coefficient (Wildman–Crippen LogP) is 5.19. The van der Waals surface area contributed by atoms with Gasteiger partial charge >= 0.3 is 0 Å². The highest BCUT2D eigenvalue weighted by atomic mass is 32.2. The van der Waals surface area contributed by atoms with Crippen molar-refractivity contribution in [2.24, 2.45) is 0 Å². The first-order valence-corrected chi connectivity index (χ1v) is 10.9. The lowest BCUT2D eigenvalue weighted by Gasteiger charge is -2.18. The number of amides is 1. The summed E-state index contributed by atoms with van der Waals surface area (Å²) in [5.74, 6) is 0.754. The van der Waals surface area contributed by atoms with Crippen LogP contribution < -0.4 is 11.1 Å². The molecule has 27 heavy (non-hydrogen) atoms. The van der Waals surface area contributed by atoms with E-state index < -0.39 is 0 Å². The zero-order chi connectivity index (χ0) is 18.9. The first-order valence-electron chi connectivity index (χ1n) is 9.95. The maximum absolute atomic E-state index is 12.6. The summed E-state index contributed by atoms with van der Waals surface area (Å²) in [4.78, 5) is 17.1. The van der Waals surface area contributed by atoms with Gasteiger partial charge in [-0.15, -0.1) is 0 Å². The quantitative estimate of drug-likeness (QED) is 0.697. The maximum Gasteiger partial charge on any atom is 0.253 e. The monoisotopic (exact) mass is 383 g/mol. The van der Waals surface area contributed by atoms with Gasteiger partial charge < -0.3 is 11.1 Å². The van der Waals surface area contributed by atoms with Crippen LogP contribution in [0.4, 0.5) is 5.69 Å². The molecule has 3 N–H and O–H groups in total. The summed E-state index contributed by atoms with van der Waals surface area (Å²) in [6, 6.07) is 12.3. The number of nitrogens with zero attached hydrogens (tertiary/aromatic N) is 1. The topological polar surface area (TPSA) is 68.0 Å². The minimum Gasteiger partial charge on any atom is -0.397 e. The molecule has 0 bridgehead atoms. The van der Waals surface area contributed by atoms with Gasteiger partial charge in [0.15, 0.2) is 0 Å². The standard InChI is InChI=1S/C22H29N3OS/c23-20-14-18(15-24-22(20)27-16-17-10-6-5-7-11-17)21(26)25-19-12-8-3-1-2-4-9-13-19/h5-7,10-11,14-15,19H,1-4,8-9,12-13,16,23H2,(H,25,26). The summed E-state index contributed by atoms with van der Waals surface area (Å²) in [6.07, 6.45) is 11.4. The van der Waals surface area contributed by atoms with Crippen molar-refractivity contribution in [2.45, 2.75) is 68.2 Å². The Bertz CT molecular complexity index is 726. The highest BCUT2D eigenvalue weighted by Crippen LogP contribution is 2.26. The fourth-order valence-corrected chi connectivity index (χ4v) is 4.33. The number of nitrogen functional groups attached to an aromatic ring is 1. The molecular weight excluding hydrogens is 354 g/mol. The predicted molar refractivity (Wildman–Crippen MR) is 113 cm³/mol. The van der Waals surface area contributed by atoms with Gasteiger partial charge in [-0.05, 0) is 24.5 Å². The molecular formula is C22H29N3OS. The number of aromatic nitrogens is 1. The maximum atomic E-state index is 12.6. The summed E-state index contributed by atoms with van der Waals surface area (Å²) < 4.78 is 0. The summed E-state index contributed by atoms with van der Waals surface area (Å²) in [5, 5.41) is 3.97. The van der Waals surface area contributed by atoms with Crippen LogP contribution in [0.25, 0.3) is 0 Å². The largest absolute Gasteiger partial charge is 0.397 e. The SMILES string of the molecule is Nc1cc(C(=O)NC2CCCCCCCC2)cnc1SCc1ccccc1. The fraction of sp³-hybridized carbons (Fsp3) is 0.455. The molecule has 0 saturated heterocycles. The number of nitrogens with one attached hydrogen (secondary N) is 1. The molecule has 1 fully saturated rings. The van der Waals surface area contributed by atoms with Crippen LogP contribution in [0.3, 0.4) is 0 Å². The van der Waals surface area contributed by atoms with E-state index in [1.165, 1.54) is 44.1 Å². The molecule has 0 radical (unpaired) electrons. The molecule has 4 nitrogen and oxygen atoms in total. The van der Waals surface area contributed by atoms with E-state index in [0.717, 1.165) is 23.6 Å². The molecule has 1 aromatic heterocycles. The normalized spacial score (nSPS) is 16.1. The van der Waals surface area contributed by atoms with Crippen LogP contribution >= 0.6 is 11.8 Å². The molecule has 0 unspecified atom stereocenters. The number of carbonyl (C=O) groups is 1. The highest BCUT2D eigenvalue weighted by molar-refractivity contribution is 7.98. The minimum absolute atomic E-state index is 0.0574. The molecule has 144 valence electrons. The van der Waals surface area contributed by atoms with Gasteiger partial charge in [0.25, 0.3) is 5.91 Å². The molecule has 1 aliphatic carbocycles. The van der Waals surface area contributed by atoms with Crippen LogP contribution in [0, 0.1) is 0 Å². The van der Waals surface area contributed by atoms with Crippen LogP contribution in [-0.4, -0.2) is 16.9 Å². The molecule has 0 aliphatic heterocycles. The van der Waals surface area contributed by atoms with Crippen molar-refractivity contribution in [3.05, 3.63) is 53.7 Å². The van der Waals surface area contributed by atoms with Crippen molar-refractivity contribution in [3.63, 3.8) is 0 Å². The van der Waals surface area contributed by atoms with E-state index in [-0.39, 0.29) is 11.9 Å². The molecule has 2 aromatic rings. The van der Waals surface area contributed by atoms with E-state index in [2.05, 4.69) is 22.4 Å². The number of anilines is 1. The molecule has 1 aromatic carbocycles. The number of hydrogen-bond acceptors (Lipinski definition) is 4. The zero-order valence-electron chi connectivity index (χ0n) is 15.8. The second kappa shape index (κ2) is 10.4. The van der Waals surface area contributed by atoms with Gasteiger partial charge in [0.1, 0.15) is 5.03 Å². The summed E-state index contributed by atoms with van der Waals surface area (Å²) in [6.45, 7) is 0. The Morgan fingerprint density at radius 2 is 1.74 bits per heavy atom. The number of pyridine rings is 1. The Kier molecular flexibility index (Phi) is 7.57. The van der Waals surface area contributed by atoms with Crippen LogP contribution in [0.15, 0.2) is 47.6 Å². The number of hydrogen-bond donors (Lipinski definition) is 2. The van der Waals surface area contributed by atoms with Gasteiger partial charge in [-0.2, -0.15) is 0 Å². The van der Waals surface area contributed by atoms with E-state index in [1.54, 1.807) is 24.0 Å². The molecule has 0 spiro atoms. The second-order valence-corrected chi connectivity index (χ2v) is 8.23. The molecule has 1 aliphatic rings. The summed E-state index contributed by atoms with van der Waals surface area (Å²) >= 11 is 1.60. The minimum atomic E-state index is -0.0574. The van der Waals surface area contributed by atoms with Crippen molar-refractivity contribution in [2.75, 3.05) is 5.73 Å². The average molecular weight is 384 g/mol. The second-order valence-electron chi connectivity index (χ2n) is 7.26. The van der Waals surface area contributed by atoms with Crippen molar-refractivity contribution < 1.29 is 4.79 Å². The number of thioether (sulfide) groups is 1. The van der Waals surface area contributed by atoms with Gasteiger partial charge in [0, 0.05) is 18.0 Å². The van der Waals surface area contributed by atoms with Gasteiger partial charge in [0.05, 0.1) is 11.3 Å². The number of benzene rings is 1. The molecule has 1 amide bonds.